The van der Waals surface area contributed by atoms with Crippen molar-refractivity contribution in [1.82, 2.24) is 0 Å². The Morgan fingerprint density at radius 1 is 1.25 bits per heavy atom. The van der Waals surface area contributed by atoms with Gasteiger partial charge in [-0.1, -0.05) is 0 Å². The Balaban J connectivity index is 0. The first-order valence-corrected chi connectivity index (χ1v) is 8.86. The van der Waals surface area contributed by atoms with Crippen molar-refractivity contribution in [2.75, 3.05) is 0 Å². The van der Waals surface area contributed by atoms with Crippen molar-refractivity contribution >= 4 is 36.2 Å². The molecule has 0 aliphatic rings. The molecule has 0 fully saturated rings. The van der Waals surface area contributed by atoms with Crippen LogP contribution in [0.3, 0.4) is 0 Å². The maximum atomic E-state index is 8.74. The van der Waals surface area contributed by atoms with Gasteiger partial charge in [0.05, 0.1) is 0 Å². The molecule has 0 saturated heterocycles. The Bertz CT molecular complexity index is 188. The molecule has 12 heavy (non-hydrogen) atoms. The normalized spacial score (nSPS) is 11.9. The first kappa shape index (κ1) is 15.2. The van der Waals surface area contributed by atoms with Crippen LogP contribution in [0.1, 0.15) is 0 Å². The summed E-state index contributed by atoms with van der Waals surface area (Å²) in [5.74, 6) is 0. The molecule has 4 nitrogen and oxygen atoms in total. The fraction of sp³-hybridized carbons (Fsp3) is 1.00. The van der Waals surface area contributed by atoms with E-state index in [2.05, 4.69) is 37.4 Å². The van der Waals surface area contributed by atoms with Gasteiger partial charge in [-0.05, 0) is 0 Å². The van der Waals surface area contributed by atoms with E-state index in [4.69, 9.17) is 17.5 Å². The standard InChI is InChI=1S/C5H13Si.Li.H2O4S/c1-5-6(2,3)4;;1-5(2,3)4/h1,5H2,2-4H3;;(H2,1,2,3,4). The third-order valence-corrected chi connectivity index (χ3v) is 3.00. The van der Waals surface area contributed by atoms with Gasteiger partial charge in [0.1, 0.15) is 0 Å². The summed E-state index contributed by atoms with van der Waals surface area (Å²) >= 11 is 2.26. The molecule has 0 unspecified atom stereocenters. The van der Waals surface area contributed by atoms with Crippen molar-refractivity contribution in [3.8, 4) is 0 Å². The van der Waals surface area contributed by atoms with Crippen molar-refractivity contribution in [3.63, 3.8) is 0 Å². The first-order valence-electron chi connectivity index (χ1n) is 3.76. The van der Waals surface area contributed by atoms with Crippen molar-refractivity contribution in [3.05, 3.63) is 0 Å². The second kappa shape index (κ2) is 6.19. The molecular weight excluding hydrogens is 191 g/mol. The molecule has 0 aromatic rings. The van der Waals surface area contributed by atoms with Crippen LogP contribution in [0.25, 0.3) is 0 Å². The van der Waals surface area contributed by atoms with E-state index in [-0.39, 0.29) is 0 Å². The third-order valence-electron chi connectivity index (χ3n) is 1.000. The Morgan fingerprint density at radius 2 is 1.50 bits per heavy atom. The minimum atomic E-state index is -4.67. The average Bonchev–Trinajstić information content (AvgIpc) is 1.54. The predicted molar refractivity (Wildman–Crippen MR) is 52.9 cm³/mol. The Hall–Kier alpha value is 0.684. The van der Waals surface area contributed by atoms with E-state index in [0.29, 0.717) is 0 Å². The number of rotatable bonds is 2. The zero-order chi connectivity index (χ0) is 10.4. The van der Waals surface area contributed by atoms with Crippen LogP contribution in [-0.2, 0) is 10.4 Å². The van der Waals surface area contributed by atoms with Gasteiger partial charge in [-0.15, -0.1) is 0 Å². The molecular formula is C5H15LiO4SSi. The Morgan fingerprint density at radius 3 is 1.50 bits per heavy atom. The van der Waals surface area contributed by atoms with Crippen LogP contribution in [0.5, 0.6) is 0 Å². The van der Waals surface area contributed by atoms with E-state index < -0.39 is 18.5 Å². The summed E-state index contributed by atoms with van der Waals surface area (Å²) in [4.78, 5) is 0. The van der Waals surface area contributed by atoms with E-state index in [1.165, 1.54) is 11.1 Å². The molecule has 2 N–H and O–H groups in total. The average molecular weight is 206 g/mol. The SMILES string of the molecule is O=S(=O)(O)O.[Li][CH2]C[Si](C)(C)C. The van der Waals surface area contributed by atoms with Crippen LogP contribution in [0.15, 0.2) is 0 Å². The molecule has 7 heteroatoms. The fourth-order valence-corrected chi connectivity index (χ4v) is 2.25. The molecule has 70 valence electrons. The van der Waals surface area contributed by atoms with Gasteiger partial charge >= 0.3 is 67.0 Å². The van der Waals surface area contributed by atoms with Crippen molar-refractivity contribution < 1.29 is 17.5 Å². The molecule has 0 atom stereocenters. The summed E-state index contributed by atoms with van der Waals surface area (Å²) < 4.78 is 31.6. The van der Waals surface area contributed by atoms with Crippen molar-refractivity contribution in [2.45, 2.75) is 30.8 Å². The topological polar surface area (TPSA) is 74.6 Å². The van der Waals surface area contributed by atoms with Gasteiger partial charge < -0.3 is 0 Å². The molecule has 0 aromatic carbocycles. The van der Waals surface area contributed by atoms with E-state index in [0.717, 1.165) is 0 Å². The maximum absolute atomic E-state index is 8.74. The van der Waals surface area contributed by atoms with Gasteiger partial charge in [-0.3, -0.25) is 9.11 Å². The summed E-state index contributed by atoms with van der Waals surface area (Å²) in [5.41, 5.74) is 0. The van der Waals surface area contributed by atoms with Gasteiger partial charge in [-0.2, -0.15) is 8.42 Å². The van der Waals surface area contributed by atoms with Gasteiger partial charge in [0.2, 0.25) is 0 Å². The van der Waals surface area contributed by atoms with Crippen molar-refractivity contribution in [2.24, 2.45) is 0 Å². The van der Waals surface area contributed by atoms with Crippen LogP contribution in [0.4, 0.5) is 0 Å². The first-order chi connectivity index (χ1) is 5.06. The monoisotopic (exact) mass is 206 g/mol. The molecule has 0 spiro atoms. The van der Waals surface area contributed by atoms with E-state index in [1.807, 2.05) is 0 Å². The van der Waals surface area contributed by atoms with Gasteiger partial charge in [0, 0.05) is 0 Å². The number of hydrogen-bond acceptors (Lipinski definition) is 2. The van der Waals surface area contributed by atoms with Gasteiger partial charge in [0.25, 0.3) is 0 Å². The number of hydrogen-bond donors (Lipinski definition) is 2. The molecule has 0 rings (SSSR count). The summed E-state index contributed by atoms with van der Waals surface area (Å²) in [5, 5.41) is 1.37. The predicted octanol–water partition coefficient (Wildman–Crippen LogP) is 1.26. The van der Waals surface area contributed by atoms with E-state index in [1.54, 1.807) is 0 Å². The second-order valence-corrected chi connectivity index (χ2v) is 10.3. The van der Waals surface area contributed by atoms with Crippen LogP contribution < -0.4 is 0 Å². The molecule has 0 heterocycles. The molecule has 0 aliphatic heterocycles. The van der Waals surface area contributed by atoms with Crippen LogP contribution in [0.2, 0.25) is 30.8 Å². The summed E-state index contributed by atoms with van der Waals surface area (Å²) in [6.45, 7) is 7.24. The second-order valence-electron chi connectivity index (χ2n) is 3.76. The zero-order valence-corrected chi connectivity index (χ0v) is 9.85. The van der Waals surface area contributed by atoms with Gasteiger partial charge in [-0.25, -0.2) is 0 Å². The summed E-state index contributed by atoms with van der Waals surface area (Å²) in [6, 6.07) is 1.48. The van der Waals surface area contributed by atoms with Gasteiger partial charge in [0.15, 0.2) is 0 Å². The third kappa shape index (κ3) is 45.7. The molecule has 0 saturated carbocycles. The summed E-state index contributed by atoms with van der Waals surface area (Å²) in [7, 11) is -5.32. The molecule has 0 bridgehead atoms. The van der Waals surface area contributed by atoms with Crippen LogP contribution in [-0.4, -0.2) is 43.3 Å². The van der Waals surface area contributed by atoms with E-state index in [9.17, 15) is 0 Å². The zero-order valence-electron chi connectivity index (χ0n) is 8.03. The van der Waals surface area contributed by atoms with Crippen LogP contribution >= 0.6 is 0 Å². The minimum absolute atomic E-state index is 0.657. The quantitative estimate of drug-likeness (QED) is 0.527. The Kier molecular flexibility index (Phi) is 7.82. The molecule has 0 radical (unpaired) electrons. The molecule has 0 amide bonds. The van der Waals surface area contributed by atoms with Crippen LogP contribution in [0, 0.1) is 0 Å². The fourth-order valence-electron chi connectivity index (χ4n) is 0.750. The van der Waals surface area contributed by atoms with Crippen molar-refractivity contribution in [1.29, 1.82) is 0 Å². The molecule has 0 aliphatic carbocycles. The Labute approximate surface area is 84.5 Å². The summed E-state index contributed by atoms with van der Waals surface area (Å²) in [6.07, 6.45) is 0. The van der Waals surface area contributed by atoms with E-state index >= 15 is 0 Å². The molecule has 0 aromatic heterocycles.